The number of fused-ring (bicyclic) bond motifs is 2. The summed E-state index contributed by atoms with van der Waals surface area (Å²) < 4.78 is 1.89. The first kappa shape index (κ1) is 22.8. The summed E-state index contributed by atoms with van der Waals surface area (Å²) in [5.41, 5.74) is 5.63. The van der Waals surface area contributed by atoms with E-state index in [1.807, 2.05) is 53.2 Å². The van der Waals surface area contributed by atoms with E-state index < -0.39 is 0 Å². The van der Waals surface area contributed by atoms with Gasteiger partial charge in [-0.2, -0.15) is 5.10 Å². The van der Waals surface area contributed by atoms with Gasteiger partial charge in [-0.25, -0.2) is 0 Å². The average Bonchev–Trinajstić information content (AvgIpc) is 3.11. The first-order chi connectivity index (χ1) is 16.5. The highest BCUT2D eigenvalue weighted by molar-refractivity contribution is 6.32. The van der Waals surface area contributed by atoms with E-state index in [2.05, 4.69) is 16.5 Å². The Labute approximate surface area is 204 Å². The summed E-state index contributed by atoms with van der Waals surface area (Å²) in [5, 5.41) is 8.24. The van der Waals surface area contributed by atoms with Crippen molar-refractivity contribution >= 4 is 29.0 Å². The van der Waals surface area contributed by atoms with E-state index in [0.29, 0.717) is 35.8 Å². The lowest BCUT2D eigenvalue weighted by molar-refractivity contribution is -0.123. The minimum atomic E-state index is -0.0941. The lowest BCUT2D eigenvalue weighted by atomic mass is 9.90. The van der Waals surface area contributed by atoms with Crippen LogP contribution in [-0.4, -0.2) is 34.6 Å². The number of rotatable bonds is 5. The topological polar surface area (TPSA) is 67.2 Å². The van der Waals surface area contributed by atoms with Crippen molar-refractivity contribution in [3.8, 4) is 0 Å². The molecule has 6 nitrogen and oxygen atoms in total. The molecular formula is C27H29ClN4O2. The average molecular weight is 477 g/mol. The zero-order valence-corrected chi connectivity index (χ0v) is 20.1. The minimum Gasteiger partial charge on any atom is -0.317 e. The number of hydrogen-bond acceptors (Lipinski definition) is 4. The van der Waals surface area contributed by atoms with Gasteiger partial charge in [-0.1, -0.05) is 35.9 Å². The number of aromatic nitrogens is 2. The molecule has 1 aromatic heterocycles. The first-order valence-electron chi connectivity index (χ1n) is 11.9. The third-order valence-corrected chi connectivity index (χ3v) is 7.45. The first-order valence-corrected chi connectivity index (χ1v) is 12.3. The Bertz CT molecular complexity index is 1230. The summed E-state index contributed by atoms with van der Waals surface area (Å²) in [6.07, 6.45) is 5.49. The van der Waals surface area contributed by atoms with Gasteiger partial charge in [0.15, 0.2) is 0 Å². The normalized spacial score (nSPS) is 16.0. The second-order valence-electron chi connectivity index (χ2n) is 9.23. The third kappa shape index (κ3) is 4.52. The lowest BCUT2D eigenvalue weighted by Gasteiger charge is -2.23. The Kier molecular flexibility index (Phi) is 6.53. The molecule has 1 saturated heterocycles. The molecule has 1 N–H and O–H groups in total. The molecular weight excluding hydrogens is 448 g/mol. The van der Waals surface area contributed by atoms with Crippen LogP contribution >= 0.6 is 11.6 Å². The molecule has 7 heteroatoms. The van der Waals surface area contributed by atoms with E-state index in [4.69, 9.17) is 11.6 Å². The Morgan fingerprint density at radius 1 is 1.12 bits per heavy atom. The maximum atomic E-state index is 13.6. The zero-order chi connectivity index (χ0) is 23.7. The summed E-state index contributed by atoms with van der Waals surface area (Å²) in [6.45, 7) is 2.28. The lowest BCUT2D eigenvalue weighted by Crippen LogP contribution is -2.32. The van der Waals surface area contributed by atoms with Crippen molar-refractivity contribution in [2.75, 3.05) is 18.0 Å². The van der Waals surface area contributed by atoms with Crippen LogP contribution < -0.4 is 10.2 Å². The highest BCUT2D eigenvalue weighted by Gasteiger charge is 2.27. The SMILES string of the molecule is Cn1ncc2c1Cc1ccccc1N(C(=O)c1ccc(CCC(=O)C3CCNCC3)c(Cl)c1)C2. The number of nitrogens with one attached hydrogen (secondary N) is 1. The predicted octanol–water partition coefficient (Wildman–Crippen LogP) is 4.33. The van der Waals surface area contributed by atoms with E-state index in [0.717, 1.165) is 60.4 Å². The molecule has 0 spiro atoms. The molecule has 0 unspecified atom stereocenters. The van der Waals surface area contributed by atoms with Gasteiger partial charge in [0.1, 0.15) is 5.78 Å². The van der Waals surface area contributed by atoms with Gasteiger partial charge in [0.2, 0.25) is 0 Å². The number of aryl methyl sites for hydroxylation is 2. The molecule has 0 aliphatic carbocycles. The summed E-state index contributed by atoms with van der Waals surface area (Å²) >= 11 is 6.59. The monoisotopic (exact) mass is 476 g/mol. The van der Waals surface area contributed by atoms with Crippen LogP contribution in [0.1, 0.15) is 52.0 Å². The Morgan fingerprint density at radius 2 is 1.91 bits per heavy atom. The number of para-hydroxylation sites is 1. The van der Waals surface area contributed by atoms with Crippen LogP contribution in [0.15, 0.2) is 48.7 Å². The largest absolute Gasteiger partial charge is 0.317 e. The summed E-state index contributed by atoms with van der Waals surface area (Å²) in [5.74, 6) is 0.371. The number of anilines is 1. The molecule has 3 heterocycles. The molecule has 176 valence electrons. The third-order valence-electron chi connectivity index (χ3n) is 7.10. The van der Waals surface area contributed by atoms with Crippen molar-refractivity contribution in [2.45, 2.75) is 38.6 Å². The summed E-state index contributed by atoms with van der Waals surface area (Å²) in [6, 6.07) is 13.5. The Morgan fingerprint density at radius 3 is 2.71 bits per heavy atom. The van der Waals surface area contributed by atoms with Crippen LogP contribution in [0.25, 0.3) is 0 Å². The molecule has 5 rings (SSSR count). The van der Waals surface area contributed by atoms with Gasteiger partial charge in [-0.05, 0) is 61.7 Å². The fourth-order valence-corrected chi connectivity index (χ4v) is 5.33. The maximum absolute atomic E-state index is 13.6. The zero-order valence-electron chi connectivity index (χ0n) is 19.4. The second kappa shape index (κ2) is 9.72. The number of Topliss-reactive ketones (excluding diaryl/α,β-unsaturated/α-hetero) is 1. The van der Waals surface area contributed by atoms with Gasteiger partial charge < -0.3 is 10.2 Å². The maximum Gasteiger partial charge on any atom is 0.258 e. The van der Waals surface area contributed by atoms with Crippen LogP contribution in [0.4, 0.5) is 5.69 Å². The van der Waals surface area contributed by atoms with Gasteiger partial charge >= 0.3 is 0 Å². The smallest absolute Gasteiger partial charge is 0.258 e. The van der Waals surface area contributed by atoms with E-state index in [-0.39, 0.29) is 11.8 Å². The number of benzene rings is 2. The minimum absolute atomic E-state index is 0.0941. The standard InChI is InChI=1S/C27H29ClN4O2/c1-31-25-15-20-4-2-3-5-24(20)32(17-22(25)16-30-31)27(34)21-7-6-18(23(28)14-21)8-9-26(33)19-10-12-29-13-11-19/h2-7,14,16,19,29H,8-13,15,17H2,1H3. The molecule has 0 radical (unpaired) electrons. The molecule has 0 bridgehead atoms. The van der Waals surface area contributed by atoms with E-state index in [9.17, 15) is 9.59 Å². The number of halogens is 1. The Balaban J connectivity index is 1.35. The number of piperidine rings is 1. The van der Waals surface area contributed by atoms with Crippen LogP contribution in [0, 0.1) is 5.92 Å². The quantitative estimate of drug-likeness (QED) is 0.595. The molecule has 3 aromatic rings. The van der Waals surface area contributed by atoms with Gasteiger partial charge in [0.25, 0.3) is 5.91 Å². The summed E-state index contributed by atoms with van der Waals surface area (Å²) in [4.78, 5) is 28.0. The van der Waals surface area contributed by atoms with Crippen LogP contribution in [0.3, 0.4) is 0 Å². The molecule has 0 saturated carbocycles. The highest BCUT2D eigenvalue weighted by Crippen LogP contribution is 2.32. The van der Waals surface area contributed by atoms with Crippen LogP contribution in [0.2, 0.25) is 5.02 Å². The molecule has 1 amide bonds. The van der Waals surface area contributed by atoms with E-state index >= 15 is 0 Å². The van der Waals surface area contributed by atoms with E-state index in [1.54, 1.807) is 6.07 Å². The Hall–Kier alpha value is -2.96. The van der Waals surface area contributed by atoms with Crippen molar-refractivity contribution in [1.82, 2.24) is 15.1 Å². The van der Waals surface area contributed by atoms with Crippen molar-refractivity contribution < 1.29 is 9.59 Å². The summed E-state index contributed by atoms with van der Waals surface area (Å²) in [7, 11) is 1.94. The molecule has 2 aliphatic rings. The molecule has 1 fully saturated rings. The number of carbonyl (C=O) groups excluding carboxylic acids is 2. The number of hydrogen-bond donors (Lipinski definition) is 1. The molecule has 34 heavy (non-hydrogen) atoms. The number of ketones is 1. The van der Waals surface area contributed by atoms with Crippen LogP contribution in [-0.2, 0) is 31.2 Å². The second-order valence-corrected chi connectivity index (χ2v) is 9.64. The van der Waals surface area contributed by atoms with Gasteiger partial charge in [-0.15, -0.1) is 0 Å². The predicted molar refractivity (Wildman–Crippen MR) is 133 cm³/mol. The van der Waals surface area contributed by atoms with Crippen molar-refractivity contribution in [3.63, 3.8) is 0 Å². The fraction of sp³-hybridized carbons (Fsp3) is 0.370. The van der Waals surface area contributed by atoms with Crippen molar-refractivity contribution in [3.05, 3.63) is 81.6 Å². The van der Waals surface area contributed by atoms with Gasteiger partial charge in [0, 0.05) is 53.3 Å². The van der Waals surface area contributed by atoms with Crippen LogP contribution in [0.5, 0.6) is 0 Å². The number of nitrogens with zero attached hydrogens (tertiary/aromatic N) is 3. The van der Waals surface area contributed by atoms with E-state index in [1.165, 1.54) is 0 Å². The molecule has 2 aromatic carbocycles. The van der Waals surface area contributed by atoms with Crippen molar-refractivity contribution in [2.24, 2.45) is 13.0 Å². The highest BCUT2D eigenvalue weighted by atomic mass is 35.5. The van der Waals surface area contributed by atoms with Crippen molar-refractivity contribution in [1.29, 1.82) is 0 Å². The fourth-order valence-electron chi connectivity index (χ4n) is 5.05. The number of amides is 1. The van der Waals surface area contributed by atoms with Gasteiger partial charge in [-0.3, -0.25) is 14.3 Å². The van der Waals surface area contributed by atoms with Gasteiger partial charge in [0.05, 0.1) is 12.7 Å². The molecule has 0 atom stereocenters. The molecule has 2 aliphatic heterocycles. The number of carbonyl (C=O) groups is 2.